The predicted octanol–water partition coefficient (Wildman–Crippen LogP) is 2.34. The highest BCUT2D eigenvalue weighted by Gasteiger charge is 2.42. The Balaban J connectivity index is 1.66. The summed E-state index contributed by atoms with van der Waals surface area (Å²) >= 11 is 1.57. The van der Waals surface area contributed by atoms with Gasteiger partial charge in [0.15, 0.2) is 0 Å². The fourth-order valence-electron chi connectivity index (χ4n) is 2.80. The van der Waals surface area contributed by atoms with Crippen molar-refractivity contribution in [3.63, 3.8) is 0 Å². The van der Waals surface area contributed by atoms with Gasteiger partial charge in [-0.15, -0.1) is 11.8 Å². The highest BCUT2D eigenvalue weighted by molar-refractivity contribution is 8.00. The summed E-state index contributed by atoms with van der Waals surface area (Å²) in [6.45, 7) is 2.71. The Morgan fingerprint density at radius 2 is 2.33 bits per heavy atom. The third-order valence-electron chi connectivity index (χ3n) is 3.87. The van der Waals surface area contributed by atoms with Crippen LogP contribution in [0.25, 0.3) is 0 Å². The Bertz CT molecular complexity index is 538. The minimum absolute atomic E-state index is 0.0551. The van der Waals surface area contributed by atoms with Crippen molar-refractivity contribution in [2.75, 3.05) is 30.1 Å². The number of hydrogen-bond acceptors (Lipinski definition) is 5. The van der Waals surface area contributed by atoms with E-state index in [-0.39, 0.29) is 24.2 Å². The van der Waals surface area contributed by atoms with Gasteiger partial charge in [-0.25, -0.2) is 0 Å². The summed E-state index contributed by atoms with van der Waals surface area (Å²) in [7, 11) is 1.72. The van der Waals surface area contributed by atoms with Gasteiger partial charge in [0.25, 0.3) is 0 Å². The molecule has 3 unspecified atom stereocenters. The number of amides is 1. The Morgan fingerprint density at radius 1 is 1.48 bits per heavy atom. The van der Waals surface area contributed by atoms with E-state index in [9.17, 15) is 4.79 Å². The first kappa shape index (κ1) is 14.7. The van der Waals surface area contributed by atoms with Crippen molar-refractivity contribution in [1.29, 1.82) is 0 Å². The fourth-order valence-corrected chi connectivity index (χ4v) is 3.59. The molecule has 0 saturated heterocycles. The minimum atomic E-state index is 0.0551. The number of carbonyl (C=O) groups excluding carboxylic acids is 1. The lowest BCUT2D eigenvalue weighted by molar-refractivity contribution is -0.118. The lowest BCUT2D eigenvalue weighted by Crippen LogP contribution is -2.56. The van der Waals surface area contributed by atoms with E-state index < -0.39 is 0 Å². The summed E-state index contributed by atoms with van der Waals surface area (Å²) in [5.74, 6) is 0.545. The first-order valence-corrected chi connectivity index (χ1v) is 8.17. The van der Waals surface area contributed by atoms with Crippen LogP contribution in [-0.4, -0.2) is 43.6 Å². The number of hydrogen-bond donors (Lipinski definition) is 2. The van der Waals surface area contributed by atoms with Gasteiger partial charge in [0.05, 0.1) is 23.6 Å². The topological polar surface area (TPSA) is 59.6 Å². The van der Waals surface area contributed by atoms with Gasteiger partial charge in [0, 0.05) is 24.3 Å². The molecule has 1 aliphatic heterocycles. The van der Waals surface area contributed by atoms with Crippen molar-refractivity contribution in [3.8, 4) is 0 Å². The molecule has 0 bridgehead atoms. The van der Waals surface area contributed by atoms with Crippen molar-refractivity contribution >= 4 is 29.0 Å². The van der Waals surface area contributed by atoms with Crippen molar-refractivity contribution in [1.82, 2.24) is 0 Å². The minimum Gasteiger partial charge on any atom is -0.379 e. The molecule has 3 atom stereocenters. The molecule has 1 aliphatic carbocycles. The fraction of sp³-hybridized carbons (Fsp3) is 0.533. The van der Waals surface area contributed by atoms with Crippen molar-refractivity contribution in [2.24, 2.45) is 0 Å². The number of benzene rings is 1. The number of fused-ring (bicyclic) bond motifs is 1. The van der Waals surface area contributed by atoms with Gasteiger partial charge in [0.1, 0.15) is 6.10 Å². The molecule has 5 nitrogen and oxygen atoms in total. The zero-order chi connectivity index (χ0) is 14.8. The molecule has 3 rings (SSSR count). The number of anilines is 2. The SMILES string of the molecule is CCOC1CC(Nc2ccc3c(c2)NC(=O)CS3)C1OC. The van der Waals surface area contributed by atoms with Crippen LogP contribution in [0.5, 0.6) is 0 Å². The molecule has 0 spiro atoms. The molecule has 1 heterocycles. The Labute approximate surface area is 128 Å². The van der Waals surface area contributed by atoms with E-state index >= 15 is 0 Å². The second-order valence-electron chi connectivity index (χ2n) is 5.23. The average Bonchev–Trinajstić information content (AvgIpc) is 2.46. The first-order valence-electron chi connectivity index (χ1n) is 7.19. The third-order valence-corrected chi connectivity index (χ3v) is 4.94. The molecule has 2 aliphatic rings. The molecule has 0 aromatic heterocycles. The monoisotopic (exact) mass is 308 g/mol. The van der Waals surface area contributed by atoms with E-state index in [0.29, 0.717) is 12.4 Å². The lowest BCUT2D eigenvalue weighted by Gasteiger charge is -2.43. The molecule has 1 fully saturated rings. The molecule has 21 heavy (non-hydrogen) atoms. The summed E-state index contributed by atoms with van der Waals surface area (Å²) in [4.78, 5) is 12.6. The van der Waals surface area contributed by atoms with Gasteiger partial charge in [-0.2, -0.15) is 0 Å². The van der Waals surface area contributed by atoms with E-state index in [1.165, 1.54) is 0 Å². The number of ether oxygens (including phenoxy) is 2. The van der Waals surface area contributed by atoms with E-state index in [0.717, 1.165) is 22.7 Å². The van der Waals surface area contributed by atoms with Gasteiger partial charge >= 0.3 is 0 Å². The quantitative estimate of drug-likeness (QED) is 0.874. The number of methoxy groups -OCH3 is 1. The summed E-state index contributed by atoms with van der Waals surface area (Å²) in [5, 5.41) is 6.38. The maximum absolute atomic E-state index is 11.5. The Kier molecular flexibility index (Phi) is 4.37. The average molecular weight is 308 g/mol. The van der Waals surface area contributed by atoms with Crippen LogP contribution in [0.2, 0.25) is 0 Å². The zero-order valence-electron chi connectivity index (χ0n) is 12.2. The molecule has 2 N–H and O–H groups in total. The lowest BCUT2D eigenvalue weighted by atomic mass is 9.85. The molecule has 1 amide bonds. The molecule has 114 valence electrons. The molecular formula is C15H20N2O3S. The highest BCUT2D eigenvalue weighted by atomic mass is 32.2. The molecule has 0 radical (unpaired) electrons. The number of carbonyl (C=O) groups is 1. The maximum Gasteiger partial charge on any atom is 0.234 e. The van der Waals surface area contributed by atoms with Gasteiger partial charge in [-0.3, -0.25) is 4.79 Å². The normalized spacial score (nSPS) is 27.5. The molecular weight excluding hydrogens is 288 g/mol. The standard InChI is InChI=1S/C15H20N2O3S/c1-3-20-12-7-11(15(12)19-2)16-9-4-5-13-10(6-9)17-14(18)8-21-13/h4-6,11-12,15-16H,3,7-8H2,1-2H3,(H,17,18). The van der Waals surface area contributed by atoms with Crippen LogP contribution < -0.4 is 10.6 Å². The van der Waals surface area contributed by atoms with Crippen LogP contribution in [-0.2, 0) is 14.3 Å². The Morgan fingerprint density at radius 3 is 3.10 bits per heavy atom. The second kappa shape index (κ2) is 6.25. The Hall–Kier alpha value is -1.24. The van der Waals surface area contributed by atoms with E-state index in [1.54, 1.807) is 18.9 Å². The molecule has 6 heteroatoms. The molecule has 1 aromatic rings. The molecule has 1 aromatic carbocycles. The van der Waals surface area contributed by atoms with Crippen LogP contribution in [0.1, 0.15) is 13.3 Å². The maximum atomic E-state index is 11.5. The van der Waals surface area contributed by atoms with E-state index in [1.807, 2.05) is 25.1 Å². The molecule has 1 saturated carbocycles. The summed E-state index contributed by atoms with van der Waals surface area (Å²) in [6, 6.07) is 6.32. The van der Waals surface area contributed by atoms with E-state index in [2.05, 4.69) is 10.6 Å². The van der Waals surface area contributed by atoms with Gasteiger partial charge in [-0.1, -0.05) is 0 Å². The second-order valence-corrected chi connectivity index (χ2v) is 6.25. The van der Waals surface area contributed by atoms with Crippen LogP contribution in [0, 0.1) is 0 Å². The summed E-state index contributed by atoms with van der Waals surface area (Å²) in [5.41, 5.74) is 1.88. The number of rotatable bonds is 5. The van der Waals surface area contributed by atoms with Crippen molar-refractivity contribution in [2.45, 2.75) is 36.5 Å². The van der Waals surface area contributed by atoms with Crippen molar-refractivity contribution in [3.05, 3.63) is 18.2 Å². The van der Waals surface area contributed by atoms with Crippen LogP contribution in [0.15, 0.2) is 23.1 Å². The smallest absolute Gasteiger partial charge is 0.234 e. The van der Waals surface area contributed by atoms with Crippen molar-refractivity contribution < 1.29 is 14.3 Å². The largest absolute Gasteiger partial charge is 0.379 e. The predicted molar refractivity (Wildman–Crippen MR) is 84.0 cm³/mol. The summed E-state index contributed by atoms with van der Waals surface area (Å²) < 4.78 is 11.1. The van der Waals surface area contributed by atoms with E-state index in [4.69, 9.17) is 9.47 Å². The van der Waals surface area contributed by atoms with Crippen LogP contribution in [0.3, 0.4) is 0 Å². The van der Waals surface area contributed by atoms with Gasteiger partial charge in [-0.05, 0) is 31.5 Å². The van der Waals surface area contributed by atoms with Crippen LogP contribution >= 0.6 is 11.8 Å². The summed E-state index contributed by atoms with van der Waals surface area (Å²) in [6.07, 6.45) is 1.18. The first-order chi connectivity index (χ1) is 10.2. The number of thioether (sulfide) groups is 1. The van der Waals surface area contributed by atoms with Gasteiger partial charge < -0.3 is 20.1 Å². The third kappa shape index (κ3) is 3.02. The number of nitrogens with one attached hydrogen (secondary N) is 2. The van der Waals surface area contributed by atoms with Crippen LogP contribution in [0.4, 0.5) is 11.4 Å². The zero-order valence-corrected chi connectivity index (χ0v) is 13.0. The van der Waals surface area contributed by atoms with Gasteiger partial charge in [0.2, 0.25) is 5.91 Å². The highest BCUT2D eigenvalue weighted by Crippen LogP contribution is 2.35.